The average molecular weight is 500 g/mol. The zero-order chi connectivity index (χ0) is 23.5. The topological polar surface area (TPSA) is 47.6 Å². The highest BCUT2D eigenvalue weighted by molar-refractivity contribution is 7.98. The maximum Gasteiger partial charge on any atom is 0.573 e. The Morgan fingerprint density at radius 1 is 1.16 bits per heavy atom. The van der Waals surface area contributed by atoms with Crippen LogP contribution in [0, 0.1) is 0 Å². The second-order valence-electron chi connectivity index (χ2n) is 6.77. The molecule has 0 spiro atoms. The molecule has 1 aliphatic heterocycles. The molecule has 0 aromatic heterocycles. The number of nitrogens with one attached hydrogen (secondary N) is 1. The first kappa shape index (κ1) is 24.5. The standard InChI is InChI=1S/C20H16ClF6NO3S/c21-15-5-4-13-14(6-7-28-9-16(13)30-18(29)19(22,23)24)17(15)32-10-11-2-1-3-12(8-11)31-20(25,26)27/h1-5,8,16,28H,6-7,9-10H2. The molecule has 2 aromatic rings. The molecule has 4 nitrogen and oxygen atoms in total. The first-order valence-corrected chi connectivity index (χ1v) is 10.6. The van der Waals surface area contributed by atoms with E-state index in [1.165, 1.54) is 42.1 Å². The second-order valence-corrected chi connectivity index (χ2v) is 8.17. The predicted molar refractivity (Wildman–Crippen MR) is 106 cm³/mol. The second kappa shape index (κ2) is 9.80. The molecule has 0 fully saturated rings. The minimum Gasteiger partial charge on any atom is -0.449 e. The van der Waals surface area contributed by atoms with Crippen molar-refractivity contribution in [3.63, 3.8) is 0 Å². The smallest absolute Gasteiger partial charge is 0.449 e. The highest BCUT2D eigenvalue weighted by Crippen LogP contribution is 2.39. The summed E-state index contributed by atoms with van der Waals surface area (Å²) in [6.45, 7) is 0.410. The van der Waals surface area contributed by atoms with Gasteiger partial charge in [-0.1, -0.05) is 29.8 Å². The van der Waals surface area contributed by atoms with Crippen LogP contribution >= 0.6 is 23.4 Å². The molecule has 0 radical (unpaired) electrons. The van der Waals surface area contributed by atoms with Crippen molar-refractivity contribution in [1.82, 2.24) is 5.32 Å². The Kier molecular flexibility index (Phi) is 7.51. The van der Waals surface area contributed by atoms with E-state index in [9.17, 15) is 31.1 Å². The number of halogens is 7. The Hall–Kier alpha value is -2.11. The van der Waals surface area contributed by atoms with Gasteiger partial charge in [-0.25, -0.2) is 4.79 Å². The molecule has 2 aromatic carbocycles. The Morgan fingerprint density at radius 2 is 1.91 bits per heavy atom. The molecule has 1 unspecified atom stereocenters. The fourth-order valence-electron chi connectivity index (χ4n) is 3.18. The van der Waals surface area contributed by atoms with Crippen molar-refractivity contribution in [1.29, 1.82) is 0 Å². The van der Waals surface area contributed by atoms with Crippen LogP contribution < -0.4 is 10.1 Å². The number of thioether (sulfide) groups is 1. The minimum absolute atomic E-state index is 0.00259. The van der Waals surface area contributed by atoms with E-state index in [-0.39, 0.29) is 18.0 Å². The summed E-state index contributed by atoms with van der Waals surface area (Å²) in [5.41, 5.74) is 1.54. The lowest BCUT2D eigenvalue weighted by Crippen LogP contribution is -2.30. The number of alkyl halides is 6. The van der Waals surface area contributed by atoms with Gasteiger partial charge in [-0.15, -0.1) is 24.9 Å². The third-order valence-corrected chi connectivity index (χ3v) is 6.13. The summed E-state index contributed by atoms with van der Waals surface area (Å²) in [5, 5.41) is 3.26. The molecule has 0 bridgehead atoms. The van der Waals surface area contributed by atoms with Crippen LogP contribution in [-0.4, -0.2) is 31.6 Å². The van der Waals surface area contributed by atoms with Crippen LogP contribution in [0.1, 0.15) is 22.8 Å². The molecule has 0 saturated carbocycles. The van der Waals surface area contributed by atoms with Crippen LogP contribution in [0.2, 0.25) is 5.02 Å². The van der Waals surface area contributed by atoms with Gasteiger partial charge in [0.15, 0.2) is 0 Å². The molecule has 0 amide bonds. The molecule has 0 aliphatic carbocycles. The summed E-state index contributed by atoms with van der Waals surface area (Å²) < 4.78 is 83.9. The van der Waals surface area contributed by atoms with Crippen LogP contribution in [0.5, 0.6) is 5.75 Å². The van der Waals surface area contributed by atoms with Crippen molar-refractivity contribution in [2.75, 3.05) is 13.1 Å². The third-order valence-electron chi connectivity index (χ3n) is 4.47. The summed E-state index contributed by atoms with van der Waals surface area (Å²) in [6.07, 6.45) is -10.7. The van der Waals surface area contributed by atoms with Gasteiger partial charge in [0, 0.05) is 17.2 Å². The van der Waals surface area contributed by atoms with Crippen molar-refractivity contribution < 1.29 is 40.6 Å². The maximum absolute atomic E-state index is 12.7. The molecule has 1 aliphatic rings. The van der Waals surface area contributed by atoms with Crippen LogP contribution in [0.25, 0.3) is 0 Å². The highest BCUT2D eigenvalue weighted by atomic mass is 35.5. The van der Waals surface area contributed by atoms with E-state index in [4.69, 9.17) is 11.6 Å². The molecule has 0 saturated heterocycles. The van der Waals surface area contributed by atoms with Crippen LogP contribution in [-0.2, 0) is 21.7 Å². The van der Waals surface area contributed by atoms with Crippen LogP contribution in [0.3, 0.4) is 0 Å². The van der Waals surface area contributed by atoms with Crippen LogP contribution in [0.4, 0.5) is 26.3 Å². The van der Waals surface area contributed by atoms with Crippen LogP contribution in [0.15, 0.2) is 41.3 Å². The first-order valence-electron chi connectivity index (χ1n) is 9.21. The number of carbonyl (C=O) groups is 1. The number of carbonyl (C=O) groups excluding carboxylic acids is 1. The van der Waals surface area contributed by atoms with Gasteiger partial charge in [0.1, 0.15) is 11.9 Å². The number of hydrogen-bond acceptors (Lipinski definition) is 5. The van der Waals surface area contributed by atoms with Gasteiger partial charge in [0.05, 0.1) is 5.02 Å². The number of fused-ring (bicyclic) bond motifs is 1. The van der Waals surface area contributed by atoms with Gasteiger partial charge in [0.25, 0.3) is 0 Å². The SMILES string of the molecule is O=C(OC1CNCCc2c1ccc(Cl)c2SCc1cccc(OC(F)(F)F)c1)C(F)(F)F. The van der Waals surface area contributed by atoms with Gasteiger partial charge in [0.2, 0.25) is 0 Å². The van der Waals surface area contributed by atoms with E-state index < -0.39 is 24.6 Å². The zero-order valence-corrected chi connectivity index (χ0v) is 17.7. The van der Waals surface area contributed by atoms with Crippen molar-refractivity contribution in [3.05, 3.63) is 58.1 Å². The monoisotopic (exact) mass is 499 g/mol. The van der Waals surface area contributed by atoms with Gasteiger partial charge in [-0.3, -0.25) is 0 Å². The quantitative estimate of drug-likeness (QED) is 0.319. The molecule has 1 heterocycles. The average Bonchev–Trinajstić information content (AvgIpc) is 2.88. The molecule has 32 heavy (non-hydrogen) atoms. The van der Waals surface area contributed by atoms with E-state index in [2.05, 4.69) is 14.8 Å². The fourth-order valence-corrected chi connectivity index (χ4v) is 4.61. The molecule has 174 valence electrons. The van der Waals surface area contributed by atoms with Crippen molar-refractivity contribution in [2.45, 2.75) is 35.7 Å². The van der Waals surface area contributed by atoms with Crippen molar-refractivity contribution in [2.24, 2.45) is 0 Å². The number of esters is 1. The number of hydrogen-bond donors (Lipinski definition) is 1. The number of rotatable bonds is 5. The zero-order valence-electron chi connectivity index (χ0n) is 16.1. The fraction of sp³-hybridized carbons (Fsp3) is 0.350. The molecule has 3 rings (SSSR count). The predicted octanol–water partition coefficient (Wildman–Crippen LogP) is 5.82. The maximum atomic E-state index is 12.7. The Morgan fingerprint density at radius 3 is 2.59 bits per heavy atom. The van der Waals surface area contributed by atoms with E-state index in [0.29, 0.717) is 39.6 Å². The minimum atomic E-state index is -5.13. The molecular formula is C20H16ClF6NO3S. The van der Waals surface area contributed by atoms with Gasteiger partial charge >= 0.3 is 18.5 Å². The number of ether oxygens (including phenoxy) is 2. The molecular weight excluding hydrogens is 484 g/mol. The summed E-state index contributed by atoms with van der Waals surface area (Å²) in [6, 6.07) is 8.45. The van der Waals surface area contributed by atoms with E-state index >= 15 is 0 Å². The summed E-state index contributed by atoms with van der Waals surface area (Å²) in [5.74, 6) is -2.43. The Balaban J connectivity index is 1.83. The number of benzene rings is 2. The van der Waals surface area contributed by atoms with Crippen molar-refractivity contribution in [3.8, 4) is 5.75 Å². The normalized spacial score (nSPS) is 16.8. The summed E-state index contributed by atoms with van der Waals surface area (Å²) >= 11 is 7.54. The van der Waals surface area contributed by atoms with E-state index in [1.807, 2.05) is 0 Å². The Bertz CT molecular complexity index is 983. The lowest BCUT2D eigenvalue weighted by molar-refractivity contribution is -0.274. The van der Waals surface area contributed by atoms with Gasteiger partial charge in [-0.05, 0) is 47.9 Å². The lowest BCUT2D eigenvalue weighted by atomic mass is 10.0. The largest absolute Gasteiger partial charge is 0.573 e. The molecule has 1 N–H and O–H groups in total. The lowest BCUT2D eigenvalue weighted by Gasteiger charge is -2.21. The first-order chi connectivity index (χ1) is 14.9. The summed E-state index contributed by atoms with van der Waals surface area (Å²) in [7, 11) is 0. The summed E-state index contributed by atoms with van der Waals surface area (Å²) in [4.78, 5) is 11.9. The van der Waals surface area contributed by atoms with Gasteiger partial charge < -0.3 is 14.8 Å². The van der Waals surface area contributed by atoms with E-state index in [1.54, 1.807) is 6.07 Å². The molecule has 1 atom stereocenters. The van der Waals surface area contributed by atoms with Gasteiger partial charge in [-0.2, -0.15) is 13.2 Å². The molecule has 12 heteroatoms. The Labute approximate surface area is 188 Å². The third kappa shape index (κ3) is 6.46. The van der Waals surface area contributed by atoms with Crippen molar-refractivity contribution >= 4 is 29.3 Å². The van der Waals surface area contributed by atoms with E-state index in [0.717, 1.165) is 0 Å². The highest BCUT2D eigenvalue weighted by Gasteiger charge is 2.43.